The number of carbonyl (C=O) groups excluding carboxylic acids is 1. The van der Waals surface area contributed by atoms with Gasteiger partial charge < -0.3 is 9.32 Å². The van der Waals surface area contributed by atoms with Crippen LogP contribution in [0.2, 0.25) is 0 Å². The Bertz CT molecular complexity index is 606. The molecule has 3 atom stereocenters. The molecule has 5 nitrogen and oxygen atoms in total. The average Bonchev–Trinajstić information content (AvgIpc) is 2.99. The van der Waals surface area contributed by atoms with Crippen molar-refractivity contribution in [2.24, 2.45) is 5.92 Å². The average molecular weight is 285 g/mol. The largest absolute Gasteiger partial charge is 0.469 e. The minimum atomic E-state index is 0.120. The fraction of sp³-hybridized carbons (Fsp3) is 0.500. The van der Waals surface area contributed by atoms with Crippen molar-refractivity contribution >= 4 is 5.91 Å². The van der Waals surface area contributed by atoms with E-state index in [-0.39, 0.29) is 12.0 Å². The van der Waals surface area contributed by atoms with Gasteiger partial charge in [-0.15, -0.1) is 0 Å². The molecule has 0 unspecified atom stereocenters. The van der Waals surface area contributed by atoms with Gasteiger partial charge in [0.25, 0.3) is 0 Å². The molecule has 1 saturated carbocycles. The van der Waals surface area contributed by atoms with E-state index >= 15 is 0 Å². The summed E-state index contributed by atoms with van der Waals surface area (Å²) < 4.78 is 7.35. The van der Waals surface area contributed by atoms with Crippen LogP contribution >= 0.6 is 0 Å². The number of hydrogen-bond acceptors (Lipinski definition) is 3. The van der Waals surface area contributed by atoms with Crippen LogP contribution in [0.15, 0.2) is 41.3 Å². The maximum atomic E-state index is 12.7. The number of aromatic nitrogens is 2. The van der Waals surface area contributed by atoms with Crippen LogP contribution in [-0.2, 0) is 11.3 Å². The summed E-state index contributed by atoms with van der Waals surface area (Å²) in [5.74, 6) is 1.66. The second-order valence-corrected chi connectivity index (χ2v) is 6.02. The lowest BCUT2D eigenvalue weighted by Crippen LogP contribution is -2.39. The summed E-state index contributed by atoms with van der Waals surface area (Å²) in [6.07, 6.45) is 8.53. The van der Waals surface area contributed by atoms with Crippen molar-refractivity contribution in [1.82, 2.24) is 14.7 Å². The number of carbonyl (C=O) groups is 1. The number of hydrogen-bond donors (Lipinski definition) is 0. The minimum Gasteiger partial charge on any atom is -0.469 e. The van der Waals surface area contributed by atoms with Gasteiger partial charge in [-0.25, -0.2) is 0 Å². The molecule has 2 aromatic heterocycles. The van der Waals surface area contributed by atoms with Gasteiger partial charge in [-0.1, -0.05) is 0 Å². The van der Waals surface area contributed by atoms with Gasteiger partial charge in [-0.3, -0.25) is 9.48 Å². The van der Waals surface area contributed by atoms with Crippen LogP contribution in [-0.4, -0.2) is 33.2 Å². The molecule has 1 aliphatic heterocycles. The van der Waals surface area contributed by atoms with Crippen LogP contribution in [0.3, 0.4) is 0 Å². The first-order chi connectivity index (χ1) is 10.3. The van der Waals surface area contributed by atoms with Gasteiger partial charge >= 0.3 is 0 Å². The van der Waals surface area contributed by atoms with Gasteiger partial charge in [0.2, 0.25) is 5.91 Å². The SMILES string of the molecule is O=C([C@@H]1C[C@H]1c1ccco1)N1CCC[C@@H]1Cn1cccn1. The van der Waals surface area contributed by atoms with Crippen molar-refractivity contribution in [1.29, 1.82) is 0 Å². The van der Waals surface area contributed by atoms with Gasteiger partial charge in [0.1, 0.15) is 5.76 Å². The summed E-state index contributed by atoms with van der Waals surface area (Å²) in [4.78, 5) is 14.8. The fourth-order valence-electron chi connectivity index (χ4n) is 3.44. The van der Waals surface area contributed by atoms with Crippen LogP contribution in [0.4, 0.5) is 0 Å². The molecule has 2 aliphatic rings. The lowest BCUT2D eigenvalue weighted by molar-refractivity contribution is -0.133. The highest BCUT2D eigenvalue weighted by Crippen LogP contribution is 2.49. The highest BCUT2D eigenvalue weighted by atomic mass is 16.3. The van der Waals surface area contributed by atoms with Gasteiger partial charge in [0.15, 0.2) is 0 Å². The molecule has 21 heavy (non-hydrogen) atoms. The molecule has 0 N–H and O–H groups in total. The van der Waals surface area contributed by atoms with Gasteiger partial charge in [-0.2, -0.15) is 5.10 Å². The lowest BCUT2D eigenvalue weighted by atomic mass is 10.2. The van der Waals surface area contributed by atoms with E-state index in [4.69, 9.17) is 4.42 Å². The molecule has 0 aromatic carbocycles. The molecule has 3 heterocycles. The highest BCUT2D eigenvalue weighted by molar-refractivity contribution is 5.83. The molecule has 1 amide bonds. The maximum Gasteiger partial charge on any atom is 0.226 e. The van der Waals surface area contributed by atoms with E-state index in [2.05, 4.69) is 10.00 Å². The van der Waals surface area contributed by atoms with Crippen molar-refractivity contribution < 1.29 is 9.21 Å². The summed E-state index contributed by atoms with van der Waals surface area (Å²) in [5.41, 5.74) is 0. The lowest BCUT2D eigenvalue weighted by Gasteiger charge is -2.25. The summed E-state index contributed by atoms with van der Waals surface area (Å²) in [7, 11) is 0. The van der Waals surface area contributed by atoms with Gasteiger partial charge in [0, 0.05) is 30.8 Å². The number of rotatable bonds is 4. The Labute approximate surface area is 123 Å². The number of amides is 1. The monoisotopic (exact) mass is 285 g/mol. The molecule has 0 radical (unpaired) electrons. The van der Waals surface area contributed by atoms with E-state index in [1.807, 2.05) is 29.1 Å². The number of likely N-dealkylation sites (tertiary alicyclic amines) is 1. The summed E-state index contributed by atoms with van der Waals surface area (Å²) in [6, 6.07) is 6.08. The smallest absolute Gasteiger partial charge is 0.226 e. The normalized spacial score (nSPS) is 28.0. The molecule has 0 spiro atoms. The fourth-order valence-corrected chi connectivity index (χ4v) is 3.44. The Morgan fingerprint density at radius 3 is 3.14 bits per heavy atom. The Morgan fingerprint density at radius 2 is 2.38 bits per heavy atom. The van der Waals surface area contributed by atoms with Crippen LogP contribution in [0.25, 0.3) is 0 Å². The van der Waals surface area contributed by atoms with E-state index in [0.717, 1.165) is 38.1 Å². The number of furan rings is 1. The Morgan fingerprint density at radius 1 is 1.43 bits per heavy atom. The molecule has 2 aromatic rings. The predicted octanol–water partition coefficient (Wildman–Crippen LogP) is 2.27. The third kappa shape index (κ3) is 2.37. The molecule has 1 aliphatic carbocycles. The van der Waals surface area contributed by atoms with Crippen molar-refractivity contribution in [3.05, 3.63) is 42.6 Å². The predicted molar refractivity (Wildman–Crippen MR) is 76.5 cm³/mol. The second kappa shape index (κ2) is 5.06. The Kier molecular flexibility index (Phi) is 3.05. The van der Waals surface area contributed by atoms with E-state index in [1.54, 1.807) is 12.5 Å². The van der Waals surface area contributed by atoms with Gasteiger partial charge in [-0.05, 0) is 37.5 Å². The second-order valence-electron chi connectivity index (χ2n) is 6.02. The summed E-state index contributed by atoms with van der Waals surface area (Å²) >= 11 is 0. The molecule has 110 valence electrons. The van der Waals surface area contributed by atoms with Gasteiger partial charge in [0.05, 0.1) is 18.8 Å². The summed E-state index contributed by atoms with van der Waals surface area (Å²) in [6.45, 7) is 1.68. The van der Waals surface area contributed by atoms with E-state index in [0.29, 0.717) is 11.8 Å². The highest BCUT2D eigenvalue weighted by Gasteiger charge is 2.49. The summed E-state index contributed by atoms with van der Waals surface area (Å²) in [5, 5.41) is 4.25. The van der Waals surface area contributed by atoms with Crippen molar-refractivity contribution in [2.75, 3.05) is 6.54 Å². The van der Waals surface area contributed by atoms with E-state index in [9.17, 15) is 4.79 Å². The molecule has 4 rings (SSSR count). The standard InChI is InChI=1S/C16H19N3O2/c20-16(14-10-13(14)15-5-2-9-21-15)19-8-1-4-12(19)11-18-7-3-6-17-18/h2-3,5-7,9,12-14H,1,4,8,10-11H2/t12-,13-,14-/m1/s1. The topological polar surface area (TPSA) is 51.3 Å². The quantitative estimate of drug-likeness (QED) is 0.866. The first-order valence-electron chi connectivity index (χ1n) is 7.64. The molecular formula is C16H19N3O2. The van der Waals surface area contributed by atoms with Crippen LogP contribution in [0, 0.1) is 5.92 Å². The molecule has 1 saturated heterocycles. The van der Waals surface area contributed by atoms with Crippen molar-refractivity contribution in [3.8, 4) is 0 Å². The number of nitrogens with zero attached hydrogens (tertiary/aromatic N) is 3. The molecule has 5 heteroatoms. The van der Waals surface area contributed by atoms with Crippen molar-refractivity contribution in [2.45, 2.75) is 37.8 Å². The zero-order valence-electron chi connectivity index (χ0n) is 11.9. The minimum absolute atomic E-state index is 0.120. The Hall–Kier alpha value is -2.04. The molecule has 0 bridgehead atoms. The third-order valence-corrected chi connectivity index (χ3v) is 4.63. The van der Waals surface area contributed by atoms with E-state index in [1.165, 1.54) is 0 Å². The third-order valence-electron chi connectivity index (χ3n) is 4.63. The van der Waals surface area contributed by atoms with Crippen LogP contribution in [0.1, 0.15) is 30.9 Å². The Balaban J connectivity index is 1.42. The zero-order chi connectivity index (χ0) is 14.2. The van der Waals surface area contributed by atoms with Crippen LogP contribution in [0.5, 0.6) is 0 Å². The zero-order valence-corrected chi connectivity index (χ0v) is 11.9. The van der Waals surface area contributed by atoms with Crippen molar-refractivity contribution in [3.63, 3.8) is 0 Å². The maximum absolute atomic E-state index is 12.7. The first kappa shape index (κ1) is 12.7. The first-order valence-corrected chi connectivity index (χ1v) is 7.64. The molecule has 2 fully saturated rings. The van der Waals surface area contributed by atoms with E-state index < -0.39 is 0 Å². The molecular weight excluding hydrogens is 266 g/mol. The van der Waals surface area contributed by atoms with Crippen LogP contribution < -0.4 is 0 Å².